The molecule has 1 aliphatic rings. The fraction of sp³-hybridized carbons (Fsp3) is 0.421. The van der Waals surface area contributed by atoms with Crippen molar-refractivity contribution in [3.8, 4) is 0 Å². The number of urea groups is 1. The second-order valence-electron chi connectivity index (χ2n) is 7.04. The van der Waals surface area contributed by atoms with Crippen molar-refractivity contribution in [1.29, 1.82) is 0 Å². The number of nitrogens with zero attached hydrogens (tertiary/aromatic N) is 1. The Labute approximate surface area is 152 Å². The molecular weight excluding hydrogens is 332 g/mol. The SMILES string of the molecule is Cc1noc(C2CC2)c1NC(=O)Nc1ccc(C(=O)NCC(C)C)cc1. The fourth-order valence-corrected chi connectivity index (χ4v) is 2.54. The van der Waals surface area contributed by atoms with Gasteiger partial charge in [-0.3, -0.25) is 4.79 Å². The van der Waals surface area contributed by atoms with Crippen molar-refractivity contribution in [2.24, 2.45) is 5.92 Å². The quantitative estimate of drug-likeness (QED) is 0.731. The normalized spacial score (nSPS) is 13.5. The largest absolute Gasteiger partial charge is 0.359 e. The van der Waals surface area contributed by atoms with Gasteiger partial charge in [0.2, 0.25) is 0 Å². The molecule has 1 aromatic carbocycles. The lowest BCUT2D eigenvalue weighted by Crippen LogP contribution is -2.27. The average Bonchev–Trinajstić information content (AvgIpc) is 3.38. The molecule has 0 radical (unpaired) electrons. The van der Waals surface area contributed by atoms with E-state index in [0.717, 1.165) is 18.6 Å². The van der Waals surface area contributed by atoms with Crippen LogP contribution in [0.3, 0.4) is 0 Å². The number of carbonyl (C=O) groups is 2. The molecule has 2 aromatic rings. The Balaban J connectivity index is 1.58. The van der Waals surface area contributed by atoms with Crippen LogP contribution in [0.1, 0.15) is 54.4 Å². The lowest BCUT2D eigenvalue weighted by atomic mass is 10.1. The molecule has 0 saturated heterocycles. The zero-order valence-corrected chi connectivity index (χ0v) is 15.3. The predicted molar refractivity (Wildman–Crippen MR) is 99.5 cm³/mol. The van der Waals surface area contributed by atoms with Crippen molar-refractivity contribution in [2.45, 2.75) is 39.5 Å². The van der Waals surface area contributed by atoms with E-state index in [1.54, 1.807) is 31.2 Å². The number of amides is 3. The fourth-order valence-electron chi connectivity index (χ4n) is 2.54. The number of hydrogen-bond donors (Lipinski definition) is 3. The minimum Gasteiger partial charge on any atom is -0.359 e. The summed E-state index contributed by atoms with van der Waals surface area (Å²) in [4.78, 5) is 24.3. The van der Waals surface area contributed by atoms with Crippen molar-refractivity contribution in [1.82, 2.24) is 10.5 Å². The van der Waals surface area contributed by atoms with Crippen molar-refractivity contribution in [2.75, 3.05) is 17.2 Å². The number of carbonyl (C=O) groups excluding carboxylic acids is 2. The summed E-state index contributed by atoms with van der Waals surface area (Å²) in [6.07, 6.45) is 2.12. The average molecular weight is 356 g/mol. The molecule has 0 bridgehead atoms. The van der Waals surface area contributed by atoms with Crippen LogP contribution in [-0.2, 0) is 0 Å². The molecule has 7 nitrogen and oxygen atoms in total. The van der Waals surface area contributed by atoms with Gasteiger partial charge in [0.1, 0.15) is 11.4 Å². The first kappa shape index (κ1) is 18.0. The molecule has 1 aromatic heterocycles. The van der Waals surface area contributed by atoms with Gasteiger partial charge < -0.3 is 20.5 Å². The highest BCUT2D eigenvalue weighted by atomic mass is 16.5. The van der Waals surface area contributed by atoms with Crippen molar-refractivity contribution in [3.05, 3.63) is 41.3 Å². The van der Waals surface area contributed by atoms with Gasteiger partial charge in [-0.15, -0.1) is 0 Å². The molecule has 0 unspecified atom stereocenters. The van der Waals surface area contributed by atoms with Crippen LogP contribution in [0.25, 0.3) is 0 Å². The highest BCUT2D eigenvalue weighted by Crippen LogP contribution is 2.44. The molecule has 1 fully saturated rings. The molecule has 0 atom stereocenters. The smallest absolute Gasteiger partial charge is 0.323 e. The maximum atomic E-state index is 12.3. The minimum absolute atomic E-state index is 0.121. The summed E-state index contributed by atoms with van der Waals surface area (Å²) in [5, 5.41) is 12.4. The molecule has 26 heavy (non-hydrogen) atoms. The van der Waals surface area contributed by atoms with Gasteiger partial charge in [0.15, 0.2) is 5.76 Å². The van der Waals surface area contributed by atoms with Gasteiger partial charge in [0.25, 0.3) is 5.91 Å². The van der Waals surface area contributed by atoms with Crippen LogP contribution in [0, 0.1) is 12.8 Å². The van der Waals surface area contributed by atoms with Crippen molar-refractivity contribution < 1.29 is 14.1 Å². The number of benzene rings is 1. The molecule has 3 amide bonds. The van der Waals surface area contributed by atoms with E-state index in [4.69, 9.17) is 4.52 Å². The molecule has 7 heteroatoms. The summed E-state index contributed by atoms with van der Waals surface area (Å²) < 4.78 is 5.32. The summed E-state index contributed by atoms with van der Waals surface area (Å²) in [7, 11) is 0. The van der Waals surface area contributed by atoms with E-state index in [1.807, 2.05) is 13.8 Å². The van der Waals surface area contributed by atoms with E-state index >= 15 is 0 Å². The number of aryl methyl sites for hydroxylation is 1. The number of nitrogens with one attached hydrogen (secondary N) is 3. The van der Waals surface area contributed by atoms with E-state index in [-0.39, 0.29) is 11.9 Å². The number of aromatic nitrogens is 1. The second-order valence-corrected chi connectivity index (χ2v) is 7.04. The maximum Gasteiger partial charge on any atom is 0.323 e. The second kappa shape index (κ2) is 7.59. The number of hydrogen-bond acceptors (Lipinski definition) is 4. The van der Waals surface area contributed by atoms with Crippen LogP contribution >= 0.6 is 0 Å². The summed E-state index contributed by atoms with van der Waals surface area (Å²) >= 11 is 0. The lowest BCUT2D eigenvalue weighted by molar-refractivity contribution is 0.0949. The van der Waals surface area contributed by atoms with E-state index in [1.165, 1.54) is 0 Å². The third-order valence-electron chi connectivity index (χ3n) is 4.15. The Hall–Kier alpha value is -2.83. The highest BCUT2D eigenvalue weighted by Gasteiger charge is 2.32. The van der Waals surface area contributed by atoms with Crippen molar-refractivity contribution in [3.63, 3.8) is 0 Å². The molecule has 1 aliphatic carbocycles. The molecule has 138 valence electrons. The van der Waals surface area contributed by atoms with E-state index in [2.05, 4.69) is 21.1 Å². The van der Waals surface area contributed by atoms with Gasteiger partial charge in [-0.2, -0.15) is 0 Å². The molecule has 3 N–H and O–H groups in total. The van der Waals surface area contributed by atoms with E-state index < -0.39 is 0 Å². The zero-order chi connectivity index (χ0) is 18.7. The van der Waals surface area contributed by atoms with Gasteiger partial charge in [-0.25, -0.2) is 4.79 Å². The van der Waals surface area contributed by atoms with Gasteiger partial charge in [0, 0.05) is 23.7 Å². The molecule has 0 spiro atoms. The summed E-state index contributed by atoms with van der Waals surface area (Å²) in [6, 6.07) is 6.41. The van der Waals surface area contributed by atoms with Gasteiger partial charge in [-0.05, 0) is 49.9 Å². The number of rotatable bonds is 6. The Morgan fingerprint density at radius 1 is 1.19 bits per heavy atom. The van der Waals surface area contributed by atoms with E-state index in [0.29, 0.717) is 41.0 Å². The van der Waals surface area contributed by atoms with Gasteiger partial charge in [0.05, 0.1) is 0 Å². The lowest BCUT2D eigenvalue weighted by Gasteiger charge is -2.10. The Kier molecular flexibility index (Phi) is 5.25. The first-order valence-corrected chi connectivity index (χ1v) is 8.86. The molecule has 0 aliphatic heterocycles. The van der Waals surface area contributed by atoms with Gasteiger partial charge >= 0.3 is 6.03 Å². The third kappa shape index (κ3) is 4.41. The van der Waals surface area contributed by atoms with Crippen LogP contribution in [-0.4, -0.2) is 23.6 Å². The topological polar surface area (TPSA) is 96.3 Å². The van der Waals surface area contributed by atoms with Gasteiger partial charge in [-0.1, -0.05) is 19.0 Å². The summed E-state index contributed by atoms with van der Waals surface area (Å²) in [5.41, 5.74) is 2.47. The molecule has 1 heterocycles. The minimum atomic E-state index is -0.366. The molecular formula is C19H24N4O3. The standard InChI is InChI=1S/C19H24N4O3/c1-11(2)10-20-18(24)14-6-8-15(9-7-14)21-19(25)22-16-12(3)23-26-17(16)13-4-5-13/h6-9,11,13H,4-5,10H2,1-3H3,(H,20,24)(H2,21,22,25). The van der Waals surface area contributed by atoms with Crippen molar-refractivity contribution >= 4 is 23.3 Å². The van der Waals surface area contributed by atoms with Crippen LogP contribution in [0.2, 0.25) is 0 Å². The van der Waals surface area contributed by atoms with Crippen LogP contribution in [0.4, 0.5) is 16.2 Å². The Morgan fingerprint density at radius 2 is 1.88 bits per heavy atom. The number of anilines is 2. The third-order valence-corrected chi connectivity index (χ3v) is 4.15. The summed E-state index contributed by atoms with van der Waals surface area (Å²) in [6.45, 7) is 6.51. The summed E-state index contributed by atoms with van der Waals surface area (Å²) in [5.74, 6) is 1.37. The maximum absolute atomic E-state index is 12.3. The molecule has 3 rings (SSSR count). The Bertz CT molecular complexity index is 792. The predicted octanol–water partition coefficient (Wildman–Crippen LogP) is 3.89. The van der Waals surface area contributed by atoms with Crippen LogP contribution in [0.5, 0.6) is 0 Å². The first-order valence-electron chi connectivity index (χ1n) is 8.86. The van der Waals surface area contributed by atoms with Crippen LogP contribution < -0.4 is 16.0 Å². The first-order chi connectivity index (χ1) is 12.4. The molecule has 1 saturated carbocycles. The Morgan fingerprint density at radius 3 is 2.50 bits per heavy atom. The van der Waals surface area contributed by atoms with Crippen LogP contribution in [0.15, 0.2) is 28.8 Å². The highest BCUT2D eigenvalue weighted by molar-refractivity contribution is 6.01. The zero-order valence-electron chi connectivity index (χ0n) is 15.3. The van der Waals surface area contributed by atoms with E-state index in [9.17, 15) is 9.59 Å². The monoisotopic (exact) mass is 356 g/mol.